The predicted molar refractivity (Wildman–Crippen MR) is 55.0 cm³/mol. The van der Waals surface area contributed by atoms with Crippen molar-refractivity contribution in [2.75, 3.05) is 19.6 Å². The van der Waals surface area contributed by atoms with Gasteiger partial charge in [0, 0.05) is 30.6 Å². The van der Waals surface area contributed by atoms with Crippen LogP contribution in [0.2, 0.25) is 0 Å². The maximum atomic E-state index is 5.70. The number of nitrogens with two attached hydrogens (primary N) is 1. The van der Waals surface area contributed by atoms with Gasteiger partial charge in [0.2, 0.25) is 0 Å². The molecule has 0 bridgehead atoms. The number of hydrogen-bond acceptors (Lipinski definition) is 4. The van der Waals surface area contributed by atoms with E-state index in [9.17, 15) is 0 Å². The van der Waals surface area contributed by atoms with Crippen LogP contribution >= 0.6 is 11.3 Å². The number of hydrogen-bond donors (Lipinski definition) is 1. The first kappa shape index (κ1) is 9.12. The van der Waals surface area contributed by atoms with E-state index >= 15 is 0 Å². The molecule has 1 fully saturated rings. The highest BCUT2D eigenvalue weighted by Gasteiger charge is 2.22. The lowest BCUT2D eigenvalue weighted by Crippen LogP contribution is -2.55. The highest BCUT2D eigenvalue weighted by Crippen LogP contribution is 2.14. The van der Waals surface area contributed by atoms with Gasteiger partial charge in [-0.1, -0.05) is 0 Å². The van der Waals surface area contributed by atoms with Crippen LogP contribution in [-0.4, -0.2) is 35.6 Å². The molecule has 1 aliphatic heterocycles. The maximum Gasteiger partial charge on any atom is 0.0797 e. The van der Waals surface area contributed by atoms with Gasteiger partial charge < -0.3 is 5.73 Å². The summed E-state index contributed by atoms with van der Waals surface area (Å²) in [4.78, 5) is 8.04. The smallest absolute Gasteiger partial charge is 0.0797 e. The third-order valence-corrected chi connectivity index (χ3v) is 3.48. The van der Waals surface area contributed by atoms with Gasteiger partial charge in [0.25, 0.3) is 0 Å². The van der Waals surface area contributed by atoms with Gasteiger partial charge in [-0.25, -0.2) is 4.98 Å². The minimum absolute atomic E-state index is 0.419. The van der Waals surface area contributed by atoms with Crippen LogP contribution in [0.4, 0.5) is 0 Å². The largest absolute Gasteiger partial charge is 0.325 e. The fraction of sp³-hybridized carbons (Fsp3) is 0.667. The number of thiazole rings is 1. The summed E-state index contributed by atoms with van der Waals surface area (Å²) in [6.45, 7) is 5.35. The van der Waals surface area contributed by atoms with Crippen LogP contribution in [0.1, 0.15) is 10.6 Å². The molecule has 2 N–H and O–H groups in total. The van der Waals surface area contributed by atoms with Crippen molar-refractivity contribution in [3.63, 3.8) is 0 Å². The molecule has 1 aromatic heterocycles. The molecule has 2 heterocycles. The van der Waals surface area contributed by atoms with E-state index in [-0.39, 0.29) is 0 Å². The molecule has 0 aliphatic carbocycles. The lowest BCUT2D eigenvalue weighted by molar-refractivity contribution is 0.153. The van der Waals surface area contributed by atoms with E-state index in [1.54, 1.807) is 11.3 Å². The van der Waals surface area contributed by atoms with Gasteiger partial charge in [0.05, 0.1) is 11.2 Å². The number of nitrogens with zero attached hydrogens (tertiary/aromatic N) is 2. The van der Waals surface area contributed by atoms with Crippen LogP contribution in [-0.2, 0) is 6.42 Å². The lowest BCUT2D eigenvalue weighted by atomic mass is 10.1. The van der Waals surface area contributed by atoms with Crippen molar-refractivity contribution >= 4 is 11.3 Å². The van der Waals surface area contributed by atoms with E-state index in [4.69, 9.17) is 5.73 Å². The first-order valence-electron chi connectivity index (χ1n) is 4.62. The normalized spacial score (nSPS) is 18.9. The molecule has 4 heteroatoms. The molecule has 0 amide bonds. The quantitative estimate of drug-likeness (QED) is 0.773. The summed E-state index contributed by atoms with van der Waals surface area (Å²) >= 11 is 1.76. The van der Waals surface area contributed by atoms with Crippen LogP contribution in [0.25, 0.3) is 0 Å². The summed E-state index contributed by atoms with van der Waals surface area (Å²) in [6.07, 6.45) is 1.13. The van der Waals surface area contributed by atoms with E-state index in [1.165, 1.54) is 10.6 Å². The minimum Gasteiger partial charge on any atom is -0.325 e. The van der Waals surface area contributed by atoms with Gasteiger partial charge in [-0.2, -0.15) is 0 Å². The van der Waals surface area contributed by atoms with Crippen molar-refractivity contribution in [2.45, 2.75) is 19.4 Å². The Hall–Kier alpha value is -0.450. The standard InChI is InChI=1S/C9H15N3S/c1-7-9(13-6-11-7)2-3-12-4-8(10)5-12/h6,8H,2-5,10H2,1H3. The molecule has 0 spiro atoms. The summed E-state index contributed by atoms with van der Waals surface area (Å²) in [6, 6.07) is 0.419. The van der Waals surface area contributed by atoms with E-state index in [2.05, 4.69) is 16.8 Å². The summed E-state index contributed by atoms with van der Waals surface area (Å²) in [5, 5.41) is 0. The zero-order valence-corrected chi connectivity index (χ0v) is 8.68. The molecule has 1 saturated heterocycles. The molecule has 0 unspecified atom stereocenters. The average molecular weight is 197 g/mol. The fourth-order valence-corrected chi connectivity index (χ4v) is 2.39. The topological polar surface area (TPSA) is 42.2 Å². The Morgan fingerprint density at radius 3 is 3.00 bits per heavy atom. The molecule has 72 valence electrons. The molecule has 0 atom stereocenters. The molecule has 2 rings (SSSR count). The first-order chi connectivity index (χ1) is 6.25. The van der Waals surface area contributed by atoms with E-state index in [1.807, 2.05) is 5.51 Å². The summed E-state index contributed by atoms with van der Waals surface area (Å²) in [7, 11) is 0. The van der Waals surface area contributed by atoms with Crippen LogP contribution in [0.5, 0.6) is 0 Å². The van der Waals surface area contributed by atoms with Gasteiger partial charge in [-0.05, 0) is 13.3 Å². The average Bonchev–Trinajstić information content (AvgIpc) is 2.43. The van der Waals surface area contributed by atoms with Crippen LogP contribution < -0.4 is 5.73 Å². The molecule has 1 aliphatic rings. The van der Waals surface area contributed by atoms with Crippen molar-refractivity contribution < 1.29 is 0 Å². The fourth-order valence-electron chi connectivity index (χ4n) is 1.62. The second kappa shape index (κ2) is 3.74. The van der Waals surface area contributed by atoms with E-state index < -0.39 is 0 Å². The first-order valence-corrected chi connectivity index (χ1v) is 5.50. The Morgan fingerprint density at radius 1 is 1.69 bits per heavy atom. The molecule has 0 radical (unpaired) electrons. The lowest BCUT2D eigenvalue weighted by Gasteiger charge is -2.36. The molecule has 0 saturated carbocycles. The number of rotatable bonds is 3. The third-order valence-electron chi connectivity index (χ3n) is 2.49. The Balaban J connectivity index is 1.77. The molecular formula is C9H15N3S. The minimum atomic E-state index is 0.419. The highest BCUT2D eigenvalue weighted by molar-refractivity contribution is 7.09. The molecule has 13 heavy (non-hydrogen) atoms. The van der Waals surface area contributed by atoms with Gasteiger partial charge in [0.15, 0.2) is 0 Å². The van der Waals surface area contributed by atoms with Crippen molar-refractivity contribution in [2.24, 2.45) is 5.73 Å². The third kappa shape index (κ3) is 2.07. The monoisotopic (exact) mass is 197 g/mol. The van der Waals surface area contributed by atoms with Crippen molar-refractivity contribution in [3.05, 3.63) is 16.1 Å². The van der Waals surface area contributed by atoms with Crippen LogP contribution in [0.15, 0.2) is 5.51 Å². The van der Waals surface area contributed by atoms with Gasteiger partial charge in [0.1, 0.15) is 0 Å². The van der Waals surface area contributed by atoms with Gasteiger partial charge in [-0.3, -0.25) is 4.90 Å². The summed E-state index contributed by atoms with van der Waals surface area (Å²) in [5.41, 5.74) is 8.81. The Labute approximate surface area is 82.6 Å². The highest BCUT2D eigenvalue weighted by atomic mass is 32.1. The zero-order valence-electron chi connectivity index (χ0n) is 7.86. The molecule has 1 aromatic rings. The predicted octanol–water partition coefficient (Wildman–Crippen LogP) is 0.637. The zero-order chi connectivity index (χ0) is 9.26. The Kier molecular flexibility index (Phi) is 2.62. The summed E-state index contributed by atoms with van der Waals surface area (Å²) in [5.74, 6) is 0. The molecule has 0 aromatic carbocycles. The SMILES string of the molecule is Cc1ncsc1CCN1CC(N)C1. The second-order valence-electron chi connectivity index (χ2n) is 3.63. The number of aryl methyl sites for hydroxylation is 1. The Bertz CT molecular complexity index is 278. The molecule has 3 nitrogen and oxygen atoms in total. The van der Waals surface area contributed by atoms with Crippen molar-refractivity contribution in [1.82, 2.24) is 9.88 Å². The van der Waals surface area contributed by atoms with Gasteiger partial charge in [-0.15, -0.1) is 11.3 Å². The van der Waals surface area contributed by atoms with E-state index in [0.29, 0.717) is 6.04 Å². The van der Waals surface area contributed by atoms with Crippen LogP contribution in [0.3, 0.4) is 0 Å². The number of aromatic nitrogens is 1. The van der Waals surface area contributed by atoms with Crippen molar-refractivity contribution in [1.29, 1.82) is 0 Å². The molecular weight excluding hydrogens is 182 g/mol. The maximum absolute atomic E-state index is 5.70. The summed E-state index contributed by atoms with van der Waals surface area (Å²) < 4.78 is 0. The number of likely N-dealkylation sites (tertiary alicyclic amines) is 1. The van der Waals surface area contributed by atoms with Crippen molar-refractivity contribution in [3.8, 4) is 0 Å². The van der Waals surface area contributed by atoms with Crippen LogP contribution in [0, 0.1) is 6.92 Å². The van der Waals surface area contributed by atoms with Gasteiger partial charge >= 0.3 is 0 Å². The van der Waals surface area contributed by atoms with E-state index in [0.717, 1.165) is 26.1 Å². The Morgan fingerprint density at radius 2 is 2.46 bits per heavy atom. The second-order valence-corrected chi connectivity index (χ2v) is 4.57.